The summed E-state index contributed by atoms with van der Waals surface area (Å²) in [5, 5.41) is 0. The summed E-state index contributed by atoms with van der Waals surface area (Å²) >= 11 is 0. The quantitative estimate of drug-likeness (QED) is 0.247. The molecule has 1 fully saturated rings. The Balaban J connectivity index is 1.29. The van der Waals surface area contributed by atoms with Gasteiger partial charge in [-0.1, -0.05) is 96.1 Å². The van der Waals surface area contributed by atoms with Gasteiger partial charge in [0, 0.05) is 0 Å². The Kier molecular flexibility index (Phi) is 8.52. The van der Waals surface area contributed by atoms with E-state index >= 15 is 0 Å². The lowest BCUT2D eigenvalue weighted by molar-refractivity contribution is 0.393. The van der Waals surface area contributed by atoms with Crippen LogP contribution in [0.15, 0.2) is 12.2 Å². The fourth-order valence-corrected chi connectivity index (χ4v) is 4.47. The monoisotopic (exact) mass is 290 g/mol. The molecule has 2 rings (SSSR count). The second-order valence-electron chi connectivity index (χ2n) is 7.72. The van der Waals surface area contributed by atoms with Crippen molar-refractivity contribution in [1.82, 2.24) is 0 Å². The Labute approximate surface area is 133 Å². The van der Waals surface area contributed by atoms with Crippen molar-refractivity contribution in [2.75, 3.05) is 0 Å². The summed E-state index contributed by atoms with van der Waals surface area (Å²) in [6.45, 7) is 2.30. The minimum absolute atomic E-state index is 0.970. The van der Waals surface area contributed by atoms with Gasteiger partial charge in [-0.05, 0) is 37.0 Å². The second-order valence-corrected chi connectivity index (χ2v) is 7.72. The maximum Gasteiger partial charge on any atom is -0.0199 e. The van der Waals surface area contributed by atoms with Gasteiger partial charge in [-0.2, -0.15) is 0 Å². The predicted octanol–water partition coefficient (Wildman–Crippen LogP) is 7.29. The van der Waals surface area contributed by atoms with Crippen LogP contribution >= 0.6 is 0 Å². The van der Waals surface area contributed by atoms with Crippen LogP contribution in [0.1, 0.15) is 103 Å². The molecule has 2 bridgehead atoms. The molecular formula is C21H38. The molecule has 0 N–H and O–H groups in total. The zero-order valence-electron chi connectivity index (χ0n) is 14.5. The van der Waals surface area contributed by atoms with E-state index in [1.807, 2.05) is 0 Å². The minimum atomic E-state index is 0.970. The van der Waals surface area contributed by atoms with Gasteiger partial charge in [0.15, 0.2) is 0 Å². The van der Waals surface area contributed by atoms with Crippen molar-refractivity contribution < 1.29 is 0 Å². The predicted molar refractivity (Wildman–Crippen MR) is 94.5 cm³/mol. The molecule has 2 aliphatic rings. The molecule has 0 amide bonds. The normalized spacial score (nSPS) is 26.8. The van der Waals surface area contributed by atoms with Crippen molar-refractivity contribution >= 4 is 0 Å². The van der Waals surface area contributed by atoms with E-state index in [9.17, 15) is 0 Å². The number of rotatable bonds is 13. The van der Waals surface area contributed by atoms with Crippen molar-refractivity contribution in [3.63, 3.8) is 0 Å². The maximum absolute atomic E-state index is 2.51. The number of hydrogen-bond donors (Lipinski definition) is 0. The van der Waals surface area contributed by atoms with Gasteiger partial charge in [-0.25, -0.2) is 0 Å². The zero-order valence-corrected chi connectivity index (χ0v) is 14.5. The first-order chi connectivity index (χ1) is 10.4. The Morgan fingerprint density at radius 3 is 1.71 bits per heavy atom. The number of hydrogen-bond acceptors (Lipinski definition) is 0. The van der Waals surface area contributed by atoms with Crippen LogP contribution in [-0.4, -0.2) is 0 Å². The van der Waals surface area contributed by atoms with Crippen molar-refractivity contribution in [1.29, 1.82) is 0 Å². The number of unbranched alkanes of at least 4 members (excludes halogenated alkanes) is 11. The fourth-order valence-electron chi connectivity index (χ4n) is 4.47. The van der Waals surface area contributed by atoms with Gasteiger partial charge in [0.2, 0.25) is 0 Å². The Morgan fingerprint density at radius 1 is 0.667 bits per heavy atom. The third-order valence-electron chi connectivity index (χ3n) is 5.84. The molecule has 0 aromatic rings. The van der Waals surface area contributed by atoms with E-state index < -0.39 is 0 Å². The molecule has 1 saturated carbocycles. The molecule has 3 atom stereocenters. The highest BCUT2D eigenvalue weighted by Gasteiger charge is 2.34. The van der Waals surface area contributed by atoms with Crippen LogP contribution in [0.2, 0.25) is 0 Å². The fraction of sp³-hybridized carbons (Fsp3) is 0.905. The van der Waals surface area contributed by atoms with E-state index in [0.717, 1.165) is 17.8 Å². The summed E-state index contributed by atoms with van der Waals surface area (Å²) in [6, 6.07) is 0. The summed E-state index contributed by atoms with van der Waals surface area (Å²) in [6.07, 6.45) is 27.2. The third kappa shape index (κ3) is 6.57. The summed E-state index contributed by atoms with van der Waals surface area (Å²) in [4.78, 5) is 0. The summed E-state index contributed by atoms with van der Waals surface area (Å²) in [5.74, 6) is 3.00. The van der Waals surface area contributed by atoms with Gasteiger partial charge in [0.1, 0.15) is 0 Å². The van der Waals surface area contributed by atoms with Crippen LogP contribution in [0.3, 0.4) is 0 Å². The van der Waals surface area contributed by atoms with Crippen molar-refractivity contribution in [3.8, 4) is 0 Å². The molecule has 122 valence electrons. The highest BCUT2D eigenvalue weighted by Crippen LogP contribution is 2.45. The highest BCUT2D eigenvalue weighted by molar-refractivity contribution is 5.09. The summed E-state index contributed by atoms with van der Waals surface area (Å²) in [7, 11) is 0. The van der Waals surface area contributed by atoms with E-state index in [0.29, 0.717) is 0 Å². The van der Waals surface area contributed by atoms with Crippen LogP contribution in [-0.2, 0) is 0 Å². The number of fused-ring (bicyclic) bond motifs is 2. The van der Waals surface area contributed by atoms with Gasteiger partial charge in [0.25, 0.3) is 0 Å². The minimum Gasteiger partial charge on any atom is -0.0851 e. The molecule has 0 aromatic carbocycles. The van der Waals surface area contributed by atoms with Gasteiger partial charge in [-0.15, -0.1) is 0 Å². The van der Waals surface area contributed by atoms with E-state index in [1.54, 1.807) is 0 Å². The Hall–Kier alpha value is -0.260. The van der Waals surface area contributed by atoms with Crippen molar-refractivity contribution in [2.45, 2.75) is 103 Å². The van der Waals surface area contributed by atoms with E-state index in [4.69, 9.17) is 0 Å². The molecule has 0 radical (unpaired) electrons. The first kappa shape index (κ1) is 17.1. The third-order valence-corrected chi connectivity index (χ3v) is 5.84. The summed E-state index contributed by atoms with van der Waals surface area (Å²) in [5.41, 5.74) is 0. The van der Waals surface area contributed by atoms with Crippen LogP contribution in [0.25, 0.3) is 0 Å². The average Bonchev–Trinajstić information content (AvgIpc) is 3.11. The maximum atomic E-state index is 2.51. The molecule has 21 heavy (non-hydrogen) atoms. The first-order valence-electron chi connectivity index (χ1n) is 10.1. The standard InChI is InChI=1S/C21H38/c1-2-3-4-5-6-7-8-9-10-11-12-13-14-20-17-19-15-16-21(20)18-19/h15-16,19-21H,2-14,17-18H2,1H3/t19-,20-,21-/m0/s1. The molecular weight excluding hydrogens is 252 g/mol. The molecule has 2 aliphatic carbocycles. The van der Waals surface area contributed by atoms with Gasteiger partial charge >= 0.3 is 0 Å². The molecule has 0 heteroatoms. The van der Waals surface area contributed by atoms with Crippen molar-refractivity contribution in [3.05, 3.63) is 12.2 Å². The molecule has 0 heterocycles. The zero-order chi connectivity index (χ0) is 14.8. The molecule has 0 aromatic heterocycles. The lowest BCUT2D eigenvalue weighted by Gasteiger charge is -2.17. The van der Waals surface area contributed by atoms with E-state index in [-0.39, 0.29) is 0 Å². The van der Waals surface area contributed by atoms with E-state index in [2.05, 4.69) is 19.1 Å². The lowest BCUT2D eigenvalue weighted by Crippen LogP contribution is -2.06. The van der Waals surface area contributed by atoms with Gasteiger partial charge in [-0.3, -0.25) is 0 Å². The Bertz CT molecular complexity index is 278. The molecule has 0 saturated heterocycles. The molecule has 0 spiro atoms. The topological polar surface area (TPSA) is 0 Å². The van der Waals surface area contributed by atoms with Crippen LogP contribution in [0.4, 0.5) is 0 Å². The SMILES string of the molecule is CCCCCCCCCCCCCC[C@H]1C[C@@H]2C=C[C@H]1C2. The van der Waals surface area contributed by atoms with Crippen LogP contribution in [0.5, 0.6) is 0 Å². The average molecular weight is 291 g/mol. The van der Waals surface area contributed by atoms with Crippen LogP contribution in [0, 0.1) is 17.8 Å². The smallest absolute Gasteiger partial charge is 0.0199 e. The molecule has 0 nitrogen and oxygen atoms in total. The largest absolute Gasteiger partial charge is 0.0851 e. The lowest BCUT2D eigenvalue weighted by atomic mass is 9.88. The van der Waals surface area contributed by atoms with E-state index in [1.165, 1.54) is 96.3 Å². The number of allylic oxidation sites excluding steroid dienone is 2. The van der Waals surface area contributed by atoms with Crippen LogP contribution < -0.4 is 0 Å². The van der Waals surface area contributed by atoms with Gasteiger partial charge < -0.3 is 0 Å². The first-order valence-corrected chi connectivity index (χ1v) is 10.1. The summed E-state index contributed by atoms with van der Waals surface area (Å²) < 4.78 is 0. The highest BCUT2D eigenvalue weighted by atomic mass is 14.4. The van der Waals surface area contributed by atoms with Gasteiger partial charge in [0.05, 0.1) is 0 Å². The van der Waals surface area contributed by atoms with Crippen molar-refractivity contribution in [2.24, 2.45) is 17.8 Å². The molecule has 0 unspecified atom stereocenters. The molecule has 0 aliphatic heterocycles. The second kappa shape index (κ2) is 10.5. The Morgan fingerprint density at radius 2 is 1.24 bits per heavy atom.